The van der Waals surface area contributed by atoms with Crippen LogP contribution in [0.4, 0.5) is 0 Å². The van der Waals surface area contributed by atoms with Gasteiger partial charge in [0.2, 0.25) is 11.8 Å². The zero-order valence-corrected chi connectivity index (χ0v) is 12.5. The van der Waals surface area contributed by atoms with Crippen LogP contribution in [0, 0.1) is 13.8 Å². The van der Waals surface area contributed by atoms with Gasteiger partial charge < -0.3 is 14.8 Å². The Morgan fingerprint density at radius 2 is 2.19 bits per heavy atom. The molecule has 2 rings (SSSR count). The number of benzene rings is 1. The summed E-state index contributed by atoms with van der Waals surface area (Å²) in [5.74, 6) is 0.983. The van der Waals surface area contributed by atoms with Crippen molar-refractivity contribution in [3.63, 3.8) is 0 Å². The van der Waals surface area contributed by atoms with Crippen LogP contribution in [0.3, 0.4) is 0 Å². The predicted molar refractivity (Wildman–Crippen MR) is 79.8 cm³/mol. The van der Waals surface area contributed by atoms with Crippen LogP contribution in [0.15, 0.2) is 28.7 Å². The summed E-state index contributed by atoms with van der Waals surface area (Å²) < 4.78 is 5.65. The molecular weight excluding hydrogens is 268 g/mol. The Labute approximate surface area is 124 Å². The second kappa shape index (κ2) is 6.54. The van der Waals surface area contributed by atoms with E-state index in [1.54, 1.807) is 13.8 Å². The number of aromatic nitrogens is 1. The van der Waals surface area contributed by atoms with E-state index in [0.717, 1.165) is 11.1 Å². The molecule has 1 heterocycles. The quantitative estimate of drug-likeness (QED) is 0.882. The van der Waals surface area contributed by atoms with E-state index < -0.39 is 0 Å². The molecule has 0 fully saturated rings. The molecule has 1 aromatic carbocycles. The van der Waals surface area contributed by atoms with Crippen molar-refractivity contribution in [1.29, 1.82) is 0 Å². The number of nitrogens with zero attached hydrogens (tertiary/aromatic N) is 1. The summed E-state index contributed by atoms with van der Waals surface area (Å²) in [6.07, 6.45) is 0.144. The highest BCUT2D eigenvalue weighted by atomic mass is 16.4. The summed E-state index contributed by atoms with van der Waals surface area (Å²) in [6.45, 7) is 5.46. The summed E-state index contributed by atoms with van der Waals surface area (Å²) in [7, 11) is 0. The summed E-state index contributed by atoms with van der Waals surface area (Å²) in [6, 6.07) is 7.60. The molecular formula is C16H20N2O3. The number of aliphatic hydroxyl groups excluding tert-OH is 1. The van der Waals surface area contributed by atoms with Gasteiger partial charge in [0.05, 0.1) is 18.7 Å². The number of aryl methyl sites for hydroxylation is 2. The lowest BCUT2D eigenvalue weighted by atomic mass is 10.1. The molecule has 5 heteroatoms. The Morgan fingerprint density at radius 1 is 1.43 bits per heavy atom. The van der Waals surface area contributed by atoms with Crippen molar-refractivity contribution in [2.24, 2.45) is 0 Å². The molecule has 5 nitrogen and oxygen atoms in total. The number of amides is 1. The number of aliphatic hydroxyl groups is 1. The fraction of sp³-hybridized carbons (Fsp3) is 0.375. The van der Waals surface area contributed by atoms with Crippen LogP contribution in [0.25, 0.3) is 11.5 Å². The maximum atomic E-state index is 11.8. The molecule has 0 bridgehead atoms. The molecule has 0 radical (unpaired) electrons. The minimum absolute atomic E-state index is 0.0852. The van der Waals surface area contributed by atoms with Crippen LogP contribution >= 0.6 is 0 Å². The van der Waals surface area contributed by atoms with Crippen LogP contribution in [0.5, 0.6) is 0 Å². The van der Waals surface area contributed by atoms with Crippen LogP contribution in [-0.4, -0.2) is 28.6 Å². The normalized spacial score (nSPS) is 12.2. The van der Waals surface area contributed by atoms with Crippen molar-refractivity contribution in [3.05, 3.63) is 41.3 Å². The minimum Gasteiger partial charge on any atom is -0.441 e. The van der Waals surface area contributed by atoms with Crippen LogP contribution in [0.2, 0.25) is 0 Å². The van der Waals surface area contributed by atoms with Gasteiger partial charge in [0.15, 0.2) is 0 Å². The van der Waals surface area contributed by atoms with Gasteiger partial charge in [-0.25, -0.2) is 4.98 Å². The first-order valence-electron chi connectivity index (χ1n) is 6.93. The Kier molecular flexibility index (Phi) is 4.75. The zero-order chi connectivity index (χ0) is 15.4. The first kappa shape index (κ1) is 15.3. The third-order valence-electron chi connectivity index (χ3n) is 3.17. The molecule has 0 aliphatic rings. The second-order valence-electron chi connectivity index (χ2n) is 5.22. The van der Waals surface area contributed by atoms with Gasteiger partial charge in [-0.3, -0.25) is 4.79 Å². The van der Waals surface area contributed by atoms with Gasteiger partial charge in [0.1, 0.15) is 5.76 Å². The molecule has 2 aromatic rings. The smallest absolute Gasteiger partial charge is 0.226 e. The van der Waals surface area contributed by atoms with Crippen molar-refractivity contribution < 1.29 is 14.3 Å². The SMILES string of the molecule is Cc1cccc(-c2nc(CC(=O)NC(C)CO)c(C)o2)c1. The lowest BCUT2D eigenvalue weighted by Crippen LogP contribution is -2.36. The third kappa shape index (κ3) is 3.92. The Morgan fingerprint density at radius 3 is 2.86 bits per heavy atom. The Bertz CT molecular complexity index is 634. The van der Waals surface area contributed by atoms with Crippen molar-refractivity contribution in [2.75, 3.05) is 6.61 Å². The average Bonchev–Trinajstić information content (AvgIpc) is 2.80. The van der Waals surface area contributed by atoms with Crippen molar-refractivity contribution in [2.45, 2.75) is 33.2 Å². The number of nitrogens with one attached hydrogen (secondary N) is 1. The summed E-state index contributed by atoms with van der Waals surface area (Å²) in [4.78, 5) is 16.2. The first-order valence-corrected chi connectivity index (χ1v) is 6.93. The molecule has 0 aliphatic heterocycles. The summed E-state index contributed by atoms with van der Waals surface area (Å²) in [5.41, 5.74) is 2.64. The largest absolute Gasteiger partial charge is 0.441 e. The lowest BCUT2D eigenvalue weighted by molar-refractivity contribution is -0.121. The lowest BCUT2D eigenvalue weighted by Gasteiger charge is -2.09. The van der Waals surface area contributed by atoms with Crippen LogP contribution < -0.4 is 5.32 Å². The van der Waals surface area contributed by atoms with Crippen molar-refractivity contribution >= 4 is 5.91 Å². The molecule has 0 spiro atoms. The Hall–Kier alpha value is -2.14. The minimum atomic E-state index is -0.263. The van der Waals surface area contributed by atoms with E-state index in [-0.39, 0.29) is 25.0 Å². The predicted octanol–water partition coefficient (Wildman–Crippen LogP) is 2.00. The van der Waals surface area contributed by atoms with E-state index in [2.05, 4.69) is 10.3 Å². The second-order valence-corrected chi connectivity index (χ2v) is 5.22. The van der Waals surface area contributed by atoms with E-state index in [1.165, 1.54) is 0 Å². The standard InChI is InChI=1S/C16H20N2O3/c1-10-5-4-6-13(7-10)16-18-14(12(3)21-16)8-15(20)17-11(2)9-19/h4-7,11,19H,8-9H2,1-3H3,(H,17,20). The van der Waals surface area contributed by atoms with E-state index in [1.807, 2.05) is 31.2 Å². The summed E-state index contributed by atoms with van der Waals surface area (Å²) in [5, 5.41) is 11.6. The molecule has 0 saturated heterocycles. The average molecular weight is 288 g/mol. The number of hydrogen-bond donors (Lipinski definition) is 2. The topological polar surface area (TPSA) is 75.4 Å². The molecule has 112 valence electrons. The molecule has 0 aliphatic carbocycles. The van der Waals surface area contributed by atoms with E-state index >= 15 is 0 Å². The van der Waals surface area contributed by atoms with E-state index in [4.69, 9.17) is 9.52 Å². The Balaban J connectivity index is 2.14. The van der Waals surface area contributed by atoms with Crippen molar-refractivity contribution in [3.8, 4) is 11.5 Å². The molecule has 0 saturated carbocycles. The molecule has 21 heavy (non-hydrogen) atoms. The highest BCUT2D eigenvalue weighted by molar-refractivity contribution is 5.78. The highest BCUT2D eigenvalue weighted by Crippen LogP contribution is 2.22. The number of carbonyl (C=O) groups excluding carboxylic acids is 1. The van der Waals surface area contributed by atoms with Crippen LogP contribution in [0.1, 0.15) is 23.9 Å². The van der Waals surface area contributed by atoms with Gasteiger partial charge >= 0.3 is 0 Å². The number of carbonyl (C=O) groups is 1. The highest BCUT2D eigenvalue weighted by Gasteiger charge is 2.15. The van der Waals surface area contributed by atoms with Gasteiger partial charge in [-0.05, 0) is 32.9 Å². The van der Waals surface area contributed by atoms with Crippen LogP contribution in [-0.2, 0) is 11.2 Å². The van der Waals surface area contributed by atoms with Gasteiger partial charge in [0.25, 0.3) is 0 Å². The van der Waals surface area contributed by atoms with E-state index in [0.29, 0.717) is 17.3 Å². The van der Waals surface area contributed by atoms with Gasteiger partial charge in [-0.1, -0.05) is 17.7 Å². The number of oxazole rings is 1. The van der Waals surface area contributed by atoms with Gasteiger partial charge in [0, 0.05) is 11.6 Å². The summed E-state index contributed by atoms with van der Waals surface area (Å²) >= 11 is 0. The van der Waals surface area contributed by atoms with Gasteiger partial charge in [-0.2, -0.15) is 0 Å². The molecule has 1 aromatic heterocycles. The molecule has 1 atom stereocenters. The number of hydrogen-bond acceptors (Lipinski definition) is 4. The fourth-order valence-corrected chi connectivity index (χ4v) is 2.02. The van der Waals surface area contributed by atoms with Crippen molar-refractivity contribution in [1.82, 2.24) is 10.3 Å². The molecule has 2 N–H and O–H groups in total. The first-order chi connectivity index (χ1) is 9.99. The molecule has 1 amide bonds. The maximum Gasteiger partial charge on any atom is 0.226 e. The third-order valence-corrected chi connectivity index (χ3v) is 3.17. The zero-order valence-electron chi connectivity index (χ0n) is 12.5. The van der Waals surface area contributed by atoms with Gasteiger partial charge in [-0.15, -0.1) is 0 Å². The molecule has 1 unspecified atom stereocenters. The number of rotatable bonds is 5. The maximum absolute atomic E-state index is 11.8. The monoisotopic (exact) mass is 288 g/mol. The fourth-order valence-electron chi connectivity index (χ4n) is 2.02. The van der Waals surface area contributed by atoms with E-state index in [9.17, 15) is 4.79 Å².